The van der Waals surface area contributed by atoms with Crippen LogP contribution < -0.4 is 14.8 Å². The molecule has 2 rings (SSSR count). The normalized spacial score (nSPS) is 14.3. The fourth-order valence-electron chi connectivity index (χ4n) is 2.79. The van der Waals surface area contributed by atoms with E-state index < -0.39 is 0 Å². The van der Waals surface area contributed by atoms with E-state index in [4.69, 9.17) is 21.1 Å². The third-order valence-electron chi connectivity index (χ3n) is 4.02. The maximum atomic E-state index is 11.5. The zero-order chi connectivity index (χ0) is 17.4. The van der Waals surface area contributed by atoms with E-state index >= 15 is 0 Å². The minimum atomic E-state index is 0.286. The van der Waals surface area contributed by atoms with Crippen LogP contribution in [0.1, 0.15) is 38.2 Å². The zero-order valence-electron chi connectivity index (χ0n) is 14.6. The van der Waals surface area contributed by atoms with E-state index in [-0.39, 0.29) is 5.91 Å². The fourth-order valence-corrected chi connectivity index (χ4v) is 3.08. The molecule has 1 fully saturated rings. The Morgan fingerprint density at radius 2 is 2.21 bits per heavy atom. The SMILES string of the molecule is CCCOc1c(Cl)cc(CNCCCN2CCCC2=O)cc1OC. The minimum Gasteiger partial charge on any atom is -0.493 e. The number of likely N-dealkylation sites (tertiary alicyclic amines) is 1. The van der Waals surface area contributed by atoms with Gasteiger partial charge in [0.05, 0.1) is 18.7 Å². The second kappa shape index (κ2) is 9.74. The van der Waals surface area contributed by atoms with E-state index in [2.05, 4.69) is 5.32 Å². The molecule has 0 unspecified atom stereocenters. The topological polar surface area (TPSA) is 50.8 Å². The summed E-state index contributed by atoms with van der Waals surface area (Å²) in [7, 11) is 1.62. The van der Waals surface area contributed by atoms with Crippen molar-refractivity contribution >= 4 is 17.5 Å². The van der Waals surface area contributed by atoms with Gasteiger partial charge in [0.2, 0.25) is 5.91 Å². The molecule has 1 N–H and O–H groups in total. The van der Waals surface area contributed by atoms with Gasteiger partial charge >= 0.3 is 0 Å². The van der Waals surface area contributed by atoms with Crippen molar-refractivity contribution in [3.8, 4) is 11.5 Å². The van der Waals surface area contributed by atoms with Crippen LogP contribution in [0.15, 0.2) is 12.1 Å². The van der Waals surface area contributed by atoms with Crippen LogP contribution in [-0.4, -0.2) is 44.2 Å². The highest BCUT2D eigenvalue weighted by Gasteiger charge is 2.18. The number of carbonyl (C=O) groups excluding carboxylic acids is 1. The first-order chi connectivity index (χ1) is 11.7. The van der Waals surface area contributed by atoms with Crippen LogP contribution in [0, 0.1) is 0 Å². The van der Waals surface area contributed by atoms with Crippen molar-refractivity contribution in [1.29, 1.82) is 0 Å². The van der Waals surface area contributed by atoms with E-state index in [0.29, 0.717) is 36.1 Å². The molecule has 1 amide bonds. The van der Waals surface area contributed by atoms with Crippen molar-refractivity contribution < 1.29 is 14.3 Å². The van der Waals surface area contributed by atoms with Crippen LogP contribution in [0.3, 0.4) is 0 Å². The number of benzene rings is 1. The van der Waals surface area contributed by atoms with Gasteiger partial charge < -0.3 is 19.7 Å². The van der Waals surface area contributed by atoms with Crippen molar-refractivity contribution in [3.05, 3.63) is 22.7 Å². The number of halogens is 1. The van der Waals surface area contributed by atoms with Crippen molar-refractivity contribution in [1.82, 2.24) is 10.2 Å². The van der Waals surface area contributed by atoms with Crippen LogP contribution in [-0.2, 0) is 11.3 Å². The van der Waals surface area contributed by atoms with Gasteiger partial charge in [0, 0.05) is 26.1 Å². The van der Waals surface area contributed by atoms with Gasteiger partial charge in [0.1, 0.15) is 0 Å². The molecule has 6 heteroatoms. The van der Waals surface area contributed by atoms with E-state index in [1.165, 1.54) is 0 Å². The predicted molar refractivity (Wildman–Crippen MR) is 95.9 cm³/mol. The number of amides is 1. The molecule has 0 bridgehead atoms. The van der Waals surface area contributed by atoms with Crippen LogP contribution in [0.4, 0.5) is 0 Å². The highest BCUT2D eigenvalue weighted by molar-refractivity contribution is 6.32. The van der Waals surface area contributed by atoms with Gasteiger partial charge in [-0.3, -0.25) is 4.79 Å². The van der Waals surface area contributed by atoms with Gasteiger partial charge in [-0.05, 0) is 43.5 Å². The molecule has 0 aliphatic carbocycles. The van der Waals surface area contributed by atoms with Gasteiger partial charge in [-0.25, -0.2) is 0 Å². The summed E-state index contributed by atoms with van der Waals surface area (Å²) in [5.41, 5.74) is 1.05. The first-order valence-corrected chi connectivity index (χ1v) is 9.01. The Kier molecular flexibility index (Phi) is 7.66. The zero-order valence-corrected chi connectivity index (χ0v) is 15.3. The first kappa shape index (κ1) is 18.9. The van der Waals surface area contributed by atoms with Crippen LogP contribution >= 0.6 is 11.6 Å². The summed E-state index contributed by atoms with van der Waals surface area (Å²) >= 11 is 6.31. The van der Waals surface area contributed by atoms with Gasteiger partial charge in [-0.15, -0.1) is 0 Å². The van der Waals surface area contributed by atoms with Gasteiger partial charge in [-0.1, -0.05) is 18.5 Å². The second-order valence-electron chi connectivity index (χ2n) is 5.97. The highest BCUT2D eigenvalue weighted by Crippen LogP contribution is 2.36. The summed E-state index contributed by atoms with van der Waals surface area (Å²) in [4.78, 5) is 13.5. The molecule has 0 radical (unpaired) electrons. The number of nitrogens with one attached hydrogen (secondary N) is 1. The molecular weight excluding hydrogens is 328 g/mol. The number of ether oxygens (including phenoxy) is 2. The Balaban J connectivity index is 1.79. The molecule has 134 valence electrons. The molecule has 1 aliphatic heterocycles. The molecule has 5 nitrogen and oxygen atoms in total. The molecule has 1 saturated heterocycles. The molecule has 1 heterocycles. The monoisotopic (exact) mass is 354 g/mol. The quantitative estimate of drug-likeness (QED) is 0.655. The van der Waals surface area contributed by atoms with Crippen molar-refractivity contribution in [2.45, 2.75) is 39.2 Å². The second-order valence-corrected chi connectivity index (χ2v) is 6.38. The lowest BCUT2D eigenvalue weighted by molar-refractivity contribution is -0.127. The molecule has 1 aromatic rings. The molecule has 0 atom stereocenters. The molecule has 24 heavy (non-hydrogen) atoms. The number of rotatable bonds is 10. The van der Waals surface area contributed by atoms with E-state index in [0.717, 1.165) is 44.5 Å². The van der Waals surface area contributed by atoms with E-state index in [1.54, 1.807) is 7.11 Å². The van der Waals surface area contributed by atoms with Crippen molar-refractivity contribution in [2.24, 2.45) is 0 Å². The first-order valence-electron chi connectivity index (χ1n) is 8.63. The summed E-state index contributed by atoms with van der Waals surface area (Å²) in [5, 5.41) is 3.96. The van der Waals surface area contributed by atoms with Gasteiger partial charge in [0.15, 0.2) is 11.5 Å². The summed E-state index contributed by atoms with van der Waals surface area (Å²) < 4.78 is 11.0. The third kappa shape index (κ3) is 5.28. The van der Waals surface area contributed by atoms with Crippen molar-refractivity contribution in [3.63, 3.8) is 0 Å². The molecule has 0 saturated carbocycles. The number of carbonyl (C=O) groups is 1. The maximum absolute atomic E-state index is 11.5. The molecule has 0 aromatic heterocycles. The molecular formula is C18H27ClN2O3. The van der Waals surface area contributed by atoms with Crippen LogP contribution in [0.2, 0.25) is 5.02 Å². The Hall–Kier alpha value is -1.46. The molecule has 1 aliphatic rings. The maximum Gasteiger partial charge on any atom is 0.222 e. The number of nitrogens with zero attached hydrogens (tertiary/aromatic N) is 1. The lowest BCUT2D eigenvalue weighted by atomic mass is 10.2. The lowest BCUT2D eigenvalue weighted by Gasteiger charge is -2.16. The average Bonchev–Trinajstić information content (AvgIpc) is 2.98. The molecule has 1 aromatic carbocycles. The van der Waals surface area contributed by atoms with Crippen LogP contribution in [0.5, 0.6) is 11.5 Å². The Morgan fingerprint density at radius 3 is 2.88 bits per heavy atom. The van der Waals surface area contributed by atoms with Gasteiger partial charge in [0.25, 0.3) is 0 Å². The van der Waals surface area contributed by atoms with E-state index in [1.807, 2.05) is 24.0 Å². The largest absolute Gasteiger partial charge is 0.493 e. The predicted octanol–water partition coefficient (Wildman–Crippen LogP) is 3.24. The van der Waals surface area contributed by atoms with E-state index in [9.17, 15) is 4.79 Å². The highest BCUT2D eigenvalue weighted by atomic mass is 35.5. The number of hydrogen-bond acceptors (Lipinski definition) is 4. The molecule has 0 spiro atoms. The number of hydrogen-bond donors (Lipinski definition) is 1. The van der Waals surface area contributed by atoms with Crippen LogP contribution in [0.25, 0.3) is 0 Å². The summed E-state index contributed by atoms with van der Waals surface area (Å²) in [6.07, 6.45) is 3.58. The average molecular weight is 355 g/mol. The lowest BCUT2D eigenvalue weighted by Crippen LogP contribution is -2.28. The minimum absolute atomic E-state index is 0.286. The summed E-state index contributed by atoms with van der Waals surface area (Å²) in [6.45, 7) is 5.97. The van der Waals surface area contributed by atoms with Crippen molar-refractivity contribution in [2.75, 3.05) is 33.4 Å². The Morgan fingerprint density at radius 1 is 1.38 bits per heavy atom. The fraction of sp³-hybridized carbons (Fsp3) is 0.611. The number of methoxy groups -OCH3 is 1. The summed E-state index contributed by atoms with van der Waals surface area (Å²) in [5.74, 6) is 1.56. The Labute approximate surface area is 149 Å². The third-order valence-corrected chi connectivity index (χ3v) is 4.30. The Bertz CT molecular complexity index is 551. The van der Waals surface area contributed by atoms with Gasteiger partial charge in [-0.2, -0.15) is 0 Å². The summed E-state index contributed by atoms with van der Waals surface area (Å²) in [6, 6.07) is 3.86. The standard InChI is InChI=1S/C18H27ClN2O3/c1-3-10-24-18-15(19)11-14(12-16(18)23-2)13-20-7-5-9-21-8-4-6-17(21)22/h11-12,20H,3-10,13H2,1-2H3. The smallest absolute Gasteiger partial charge is 0.222 e.